The second-order valence-corrected chi connectivity index (χ2v) is 6.65. The first-order valence-electron chi connectivity index (χ1n) is 7.81. The summed E-state index contributed by atoms with van der Waals surface area (Å²) in [5.41, 5.74) is 2.39. The molecule has 1 aromatic heterocycles. The van der Waals surface area contributed by atoms with E-state index >= 15 is 0 Å². The van der Waals surface area contributed by atoms with Crippen LogP contribution in [0.1, 0.15) is 24.3 Å². The Bertz CT molecular complexity index is 622. The van der Waals surface area contributed by atoms with Gasteiger partial charge in [0.1, 0.15) is 6.61 Å². The SMILES string of the molecule is C=C(C)CN(CC)Cc1ccc(OCc2cccs2)c(OC)c1. The van der Waals surface area contributed by atoms with Crippen molar-refractivity contribution in [3.8, 4) is 11.5 Å². The van der Waals surface area contributed by atoms with E-state index in [-0.39, 0.29) is 0 Å². The summed E-state index contributed by atoms with van der Waals surface area (Å²) in [5, 5.41) is 2.06. The Labute approximate surface area is 143 Å². The van der Waals surface area contributed by atoms with Gasteiger partial charge in [-0.15, -0.1) is 11.3 Å². The number of likely N-dealkylation sites (N-methyl/N-ethyl adjacent to an activating group) is 1. The number of hydrogen-bond donors (Lipinski definition) is 0. The maximum atomic E-state index is 5.88. The number of rotatable bonds is 9. The molecule has 124 valence electrons. The second-order valence-electron chi connectivity index (χ2n) is 5.61. The van der Waals surface area contributed by atoms with Crippen LogP contribution in [0.15, 0.2) is 47.9 Å². The highest BCUT2D eigenvalue weighted by molar-refractivity contribution is 7.09. The Kier molecular flexibility index (Phi) is 6.68. The lowest BCUT2D eigenvalue weighted by atomic mass is 10.1. The topological polar surface area (TPSA) is 21.7 Å². The molecule has 0 aliphatic carbocycles. The summed E-state index contributed by atoms with van der Waals surface area (Å²) < 4.78 is 11.4. The van der Waals surface area contributed by atoms with Crippen molar-refractivity contribution in [1.82, 2.24) is 4.90 Å². The van der Waals surface area contributed by atoms with Crippen LogP contribution in [0.25, 0.3) is 0 Å². The number of hydrogen-bond acceptors (Lipinski definition) is 4. The molecular formula is C19H25NO2S. The average molecular weight is 331 g/mol. The van der Waals surface area contributed by atoms with Gasteiger partial charge in [-0.1, -0.05) is 31.2 Å². The Morgan fingerprint density at radius 1 is 1.26 bits per heavy atom. The van der Waals surface area contributed by atoms with Crippen molar-refractivity contribution >= 4 is 11.3 Å². The minimum atomic E-state index is 0.574. The predicted molar refractivity (Wildman–Crippen MR) is 97.4 cm³/mol. The summed E-state index contributed by atoms with van der Waals surface area (Å²) in [6.45, 7) is 11.6. The molecule has 23 heavy (non-hydrogen) atoms. The molecule has 1 heterocycles. The third kappa shape index (κ3) is 5.41. The van der Waals surface area contributed by atoms with Gasteiger partial charge >= 0.3 is 0 Å². The molecule has 0 aliphatic heterocycles. The quantitative estimate of drug-likeness (QED) is 0.620. The molecule has 0 amide bonds. The third-order valence-electron chi connectivity index (χ3n) is 3.52. The number of nitrogens with zero attached hydrogens (tertiary/aromatic N) is 1. The first kappa shape index (κ1) is 17.6. The van der Waals surface area contributed by atoms with Gasteiger partial charge in [-0.05, 0) is 42.6 Å². The molecule has 3 nitrogen and oxygen atoms in total. The summed E-state index contributed by atoms with van der Waals surface area (Å²) >= 11 is 1.70. The van der Waals surface area contributed by atoms with Crippen LogP contribution in [-0.2, 0) is 13.2 Å². The molecular weight excluding hydrogens is 306 g/mol. The lowest BCUT2D eigenvalue weighted by molar-refractivity contribution is 0.284. The summed E-state index contributed by atoms with van der Waals surface area (Å²) in [7, 11) is 1.68. The minimum absolute atomic E-state index is 0.574. The van der Waals surface area contributed by atoms with Crippen molar-refractivity contribution in [2.24, 2.45) is 0 Å². The van der Waals surface area contributed by atoms with E-state index in [2.05, 4.69) is 48.9 Å². The molecule has 0 spiro atoms. The first-order valence-corrected chi connectivity index (χ1v) is 8.69. The molecule has 4 heteroatoms. The van der Waals surface area contributed by atoms with Crippen LogP contribution in [0.4, 0.5) is 0 Å². The maximum Gasteiger partial charge on any atom is 0.161 e. The molecule has 0 aliphatic rings. The van der Waals surface area contributed by atoms with E-state index in [0.29, 0.717) is 6.61 Å². The largest absolute Gasteiger partial charge is 0.493 e. The lowest BCUT2D eigenvalue weighted by Gasteiger charge is -2.21. The Balaban J connectivity index is 2.04. The van der Waals surface area contributed by atoms with Crippen molar-refractivity contribution in [3.05, 3.63) is 58.3 Å². The van der Waals surface area contributed by atoms with Crippen LogP contribution in [0.5, 0.6) is 11.5 Å². The standard InChI is InChI=1S/C19H25NO2S/c1-5-20(12-15(2)3)13-16-8-9-18(19(11-16)21-4)22-14-17-7-6-10-23-17/h6-11H,2,5,12-14H2,1,3-4H3. The molecule has 0 saturated heterocycles. The molecule has 0 radical (unpaired) electrons. The van der Waals surface area contributed by atoms with Crippen molar-refractivity contribution < 1.29 is 9.47 Å². The molecule has 0 bridgehead atoms. The fraction of sp³-hybridized carbons (Fsp3) is 0.368. The zero-order valence-corrected chi connectivity index (χ0v) is 15.0. The molecule has 2 aromatic rings. The predicted octanol–water partition coefficient (Wildman–Crippen LogP) is 4.73. The van der Waals surface area contributed by atoms with Gasteiger partial charge in [0.05, 0.1) is 7.11 Å². The van der Waals surface area contributed by atoms with E-state index in [1.807, 2.05) is 12.1 Å². The van der Waals surface area contributed by atoms with Crippen molar-refractivity contribution in [2.45, 2.75) is 27.0 Å². The number of benzene rings is 1. The van der Waals surface area contributed by atoms with E-state index < -0.39 is 0 Å². The Morgan fingerprint density at radius 2 is 2.09 bits per heavy atom. The zero-order chi connectivity index (χ0) is 16.7. The lowest BCUT2D eigenvalue weighted by Crippen LogP contribution is -2.24. The highest BCUT2D eigenvalue weighted by Gasteiger charge is 2.09. The van der Waals surface area contributed by atoms with E-state index in [1.165, 1.54) is 16.0 Å². The highest BCUT2D eigenvalue weighted by atomic mass is 32.1. The summed E-state index contributed by atoms with van der Waals surface area (Å²) in [6, 6.07) is 10.3. The van der Waals surface area contributed by atoms with Gasteiger partial charge in [-0.2, -0.15) is 0 Å². The van der Waals surface area contributed by atoms with E-state index in [4.69, 9.17) is 9.47 Å². The van der Waals surface area contributed by atoms with Gasteiger partial charge in [0, 0.05) is 18.0 Å². The van der Waals surface area contributed by atoms with Gasteiger partial charge in [-0.25, -0.2) is 0 Å². The number of thiophene rings is 1. The molecule has 0 N–H and O–H groups in total. The van der Waals surface area contributed by atoms with Crippen LogP contribution in [0, 0.1) is 0 Å². The Hall–Kier alpha value is -1.78. The number of ether oxygens (including phenoxy) is 2. The van der Waals surface area contributed by atoms with Crippen LogP contribution < -0.4 is 9.47 Å². The summed E-state index contributed by atoms with van der Waals surface area (Å²) in [5.74, 6) is 1.57. The minimum Gasteiger partial charge on any atom is -0.493 e. The molecule has 2 rings (SSSR count). The van der Waals surface area contributed by atoms with Gasteiger partial charge in [0.25, 0.3) is 0 Å². The highest BCUT2D eigenvalue weighted by Crippen LogP contribution is 2.29. The average Bonchev–Trinajstić information content (AvgIpc) is 3.05. The first-order chi connectivity index (χ1) is 11.1. The molecule has 0 unspecified atom stereocenters. The third-order valence-corrected chi connectivity index (χ3v) is 4.37. The van der Waals surface area contributed by atoms with Crippen molar-refractivity contribution in [1.29, 1.82) is 0 Å². The summed E-state index contributed by atoms with van der Waals surface area (Å²) in [6.07, 6.45) is 0. The molecule has 0 fully saturated rings. The van der Waals surface area contributed by atoms with Crippen LogP contribution in [-0.4, -0.2) is 25.1 Å². The van der Waals surface area contributed by atoms with Gasteiger partial charge < -0.3 is 9.47 Å². The van der Waals surface area contributed by atoms with Gasteiger partial charge in [-0.3, -0.25) is 4.90 Å². The van der Waals surface area contributed by atoms with E-state index in [1.54, 1.807) is 18.4 Å². The van der Waals surface area contributed by atoms with Crippen LogP contribution in [0.3, 0.4) is 0 Å². The maximum absolute atomic E-state index is 5.88. The van der Waals surface area contributed by atoms with E-state index in [0.717, 1.165) is 31.1 Å². The van der Waals surface area contributed by atoms with E-state index in [9.17, 15) is 0 Å². The fourth-order valence-electron chi connectivity index (χ4n) is 2.39. The smallest absolute Gasteiger partial charge is 0.161 e. The number of methoxy groups -OCH3 is 1. The monoisotopic (exact) mass is 331 g/mol. The van der Waals surface area contributed by atoms with Crippen molar-refractivity contribution in [2.75, 3.05) is 20.2 Å². The Morgan fingerprint density at radius 3 is 2.70 bits per heavy atom. The van der Waals surface area contributed by atoms with Crippen LogP contribution >= 0.6 is 11.3 Å². The van der Waals surface area contributed by atoms with Gasteiger partial charge in [0.2, 0.25) is 0 Å². The molecule has 0 saturated carbocycles. The van der Waals surface area contributed by atoms with Gasteiger partial charge in [0.15, 0.2) is 11.5 Å². The normalized spacial score (nSPS) is 10.8. The zero-order valence-electron chi connectivity index (χ0n) is 14.2. The van der Waals surface area contributed by atoms with Crippen molar-refractivity contribution in [3.63, 3.8) is 0 Å². The fourth-order valence-corrected chi connectivity index (χ4v) is 3.01. The summed E-state index contributed by atoms with van der Waals surface area (Å²) in [4.78, 5) is 3.55. The molecule has 1 aromatic carbocycles. The van der Waals surface area contributed by atoms with Crippen LogP contribution in [0.2, 0.25) is 0 Å². The second kappa shape index (κ2) is 8.75. The molecule has 0 atom stereocenters.